The molecule has 2 heterocycles. The average molecular weight is 331 g/mol. The van der Waals surface area contributed by atoms with Crippen molar-refractivity contribution in [1.82, 2.24) is 5.06 Å². The van der Waals surface area contributed by atoms with Gasteiger partial charge in [0.05, 0.1) is 26.0 Å². The number of benzene rings is 1. The topological polar surface area (TPSA) is 61.1 Å². The van der Waals surface area contributed by atoms with Crippen LogP contribution in [0.25, 0.3) is 0 Å². The zero-order valence-electron chi connectivity index (χ0n) is 13.8. The highest BCUT2D eigenvalue weighted by Gasteiger charge is 2.40. The van der Waals surface area contributed by atoms with E-state index in [4.69, 9.17) is 18.7 Å². The molecule has 0 saturated carbocycles. The van der Waals surface area contributed by atoms with Crippen LogP contribution in [0.5, 0.6) is 5.75 Å². The van der Waals surface area contributed by atoms with Crippen molar-refractivity contribution in [3.05, 3.63) is 54.0 Å². The van der Waals surface area contributed by atoms with E-state index in [9.17, 15) is 4.79 Å². The minimum Gasteiger partial charge on any atom is -0.497 e. The second-order valence-corrected chi connectivity index (χ2v) is 5.54. The summed E-state index contributed by atoms with van der Waals surface area (Å²) in [6.45, 7) is 2.65. The molecular weight excluding hydrogens is 310 g/mol. The smallest absolute Gasteiger partial charge is 0.337 e. The van der Waals surface area contributed by atoms with E-state index < -0.39 is 6.10 Å². The molecule has 6 nitrogen and oxygen atoms in total. The second-order valence-electron chi connectivity index (χ2n) is 5.54. The number of methoxy groups -OCH3 is 1. The van der Waals surface area contributed by atoms with Gasteiger partial charge in [0, 0.05) is 13.0 Å². The lowest BCUT2D eigenvalue weighted by Gasteiger charge is -2.21. The molecule has 24 heavy (non-hydrogen) atoms. The van der Waals surface area contributed by atoms with Gasteiger partial charge >= 0.3 is 5.97 Å². The van der Waals surface area contributed by atoms with Gasteiger partial charge in [-0.05, 0) is 36.8 Å². The first-order chi connectivity index (χ1) is 11.7. The van der Waals surface area contributed by atoms with Crippen molar-refractivity contribution < 1.29 is 23.5 Å². The molecule has 6 heteroatoms. The molecule has 0 amide bonds. The first-order valence-corrected chi connectivity index (χ1v) is 7.97. The van der Waals surface area contributed by atoms with Crippen molar-refractivity contribution >= 4 is 5.97 Å². The Bertz CT molecular complexity index is 653. The Morgan fingerprint density at radius 2 is 2.08 bits per heavy atom. The van der Waals surface area contributed by atoms with Crippen LogP contribution in [0.3, 0.4) is 0 Å². The average Bonchev–Trinajstić information content (AvgIpc) is 3.25. The molecule has 2 aromatic rings. The predicted molar refractivity (Wildman–Crippen MR) is 86.1 cm³/mol. The molecule has 2 atom stereocenters. The summed E-state index contributed by atoms with van der Waals surface area (Å²) in [4.78, 5) is 17.9. The van der Waals surface area contributed by atoms with Gasteiger partial charge in [-0.15, -0.1) is 0 Å². The summed E-state index contributed by atoms with van der Waals surface area (Å²) >= 11 is 0. The van der Waals surface area contributed by atoms with Crippen LogP contribution in [0.15, 0.2) is 47.1 Å². The lowest BCUT2D eigenvalue weighted by atomic mass is 10.1. The Balaban J connectivity index is 1.75. The van der Waals surface area contributed by atoms with E-state index in [1.54, 1.807) is 25.4 Å². The molecule has 128 valence electrons. The Kier molecular flexibility index (Phi) is 5.17. The fourth-order valence-electron chi connectivity index (χ4n) is 2.77. The van der Waals surface area contributed by atoms with E-state index in [-0.39, 0.29) is 12.0 Å². The van der Waals surface area contributed by atoms with Crippen molar-refractivity contribution in [2.45, 2.75) is 32.0 Å². The Morgan fingerprint density at radius 1 is 1.29 bits per heavy atom. The molecule has 0 bridgehead atoms. The van der Waals surface area contributed by atoms with Gasteiger partial charge in [0.2, 0.25) is 0 Å². The van der Waals surface area contributed by atoms with E-state index in [1.165, 1.54) is 0 Å². The summed E-state index contributed by atoms with van der Waals surface area (Å²) in [5, 5.41) is 1.78. The number of esters is 1. The van der Waals surface area contributed by atoms with Crippen molar-refractivity contribution in [3.8, 4) is 5.75 Å². The zero-order valence-corrected chi connectivity index (χ0v) is 13.8. The molecule has 0 radical (unpaired) electrons. The monoisotopic (exact) mass is 331 g/mol. The maximum absolute atomic E-state index is 12.0. The number of carbonyl (C=O) groups is 1. The minimum absolute atomic E-state index is 0.128. The summed E-state index contributed by atoms with van der Waals surface area (Å²) in [6, 6.07) is 11.3. The third-order valence-electron chi connectivity index (χ3n) is 3.97. The number of hydroxylamine groups is 2. The van der Waals surface area contributed by atoms with Gasteiger partial charge in [0.15, 0.2) is 6.10 Å². The Labute approximate surface area is 140 Å². The highest BCUT2D eigenvalue weighted by Crippen LogP contribution is 2.36. The summed E-state index contributed by atoms with van der Waals surface area (Å²) in [5.74, 6) is 1.23. The maximum atomic E-state index is 12.0. The molecule has 0 N–H and O–H groups in total. The van der Waals surface area contributed by atoms with Crippen molar-refractivity contribution in [1.29, 1.82) is 0 Å². The van der Waals surface area contributed by atoms with Gasteiger partial charge in [-0.2, -0.15) is 5.06 Å². The van der Waals surface area contributed by atoms with Crippen LogP contribution < -0.4 is 4.74 Å². The van der Waals surface area contributed by atoms with Crippen LogP contribution in [0.4, 0.5) is 0 Å². The largest absolute Gasteiger partial charge is 0.497 e. The van der Waals surface area contributed by atoms with Crippen LogP contribution >= 0.6 is 0 Å². The van der Waals surface area contributed by atoms with E-state index in [1.807, 2.05) is 36.4 Å². The number of hydrogen-bond acceptors (Lipinski definition) is 6. The molecular formula is C18H21NO5. The van der Waals surface area contributed by atoms with Crippen LogP contribution in [-0.4, -0.2) is 30.9 Å². The summed E-state index contributed by atoms with van der Waals surface area (Å²) in [5.41, 5.74) is 1.05. The van der Waals surface area contributed by atoms with E-state index >= 15 is 0 Å². The maximum Gasteiger partial charge on any atom is 0.337 e. The molecule has 1 aliphatic heterocycles. The zero-order chi connectivity index (χ0) is 16.9. The van der Waals surface area contributed by atoms with Crippen molar-refractivity contribution in [3.63, 3.8) is 0 Å². The SMILES string of the molecule is CCOC(=O)[C@H]1C[C@@H](c2ccco2)N(Cc2ccc(OC)cc2)O1. The van der Waals surface area contributed by atoms with Crippen molar-refractivity contribution in [2.24, 2.45) is 0 Å². The summed E-state index contributed by atoms with van der Waals surface area (Å²) < 4.78 is 15.8. The summed E-state index contributed by atoms with van der Waals surface area (Å²) in [6.07, 6.45) is 1.51. The predicted octanol–water partition coefficient (Wildman–Crippen LogP) is 3.10. The minimum atomic E-state index is -0.613. The fraction of sp³-hybridized carbons (Fsp3) is 0.389. The van der Waals surface area contributed by atoms with E-state index in [0.717, 1.165) is 17.1 Å². The first-order valence-electron chi connectivity index (χ1n) is 7.97. The second kappa shape index (κ2) is 7.51. The molecule has 1 saturated heterocycles. The summed E-state index contributed by atoms with van der Waals surface area (Å²) in [7, 11) is 1.63. The van der Waals surface area contributed by atoms with Crippen molar-refractivity contribution in [2.75, 3.05) is 13.7 Å². The lowest BCUT2D eigenvalue weighted by Crippen LogP contribution is -2.26. The number of nitrogens with zero attached hydrogens (tertiary/aromatic N) is 1. The van der Waals surface area contributed by atoms with Gasteiger partial charge in [-0.25, -0.2) is 4.79 Å². The van der Waals surface area contributed by atoms with E-state index in [0.29, 0.717) is 19.6 Å². The number of carbonyl (C=O) groups excluding carboxylic acids is 1. The molecule has 0 spiro atoms. The van der Waals surface area contributed by atoms with E-state index in [2.05, 4.69) is 0 Å². The highest BCUT2D eigenvalue weighted by molar-refractivity contribution is 5.75. The Morgan fingerprint density at radius 3 is 2.71 bits per heavy atom. The normalized spacial score (nSPS) is 20.9. The number of rotatable bonds is 6. The van der Waals surface area contributed by atoms with Gasteiger partial charge in [0.1, 0.15) is 11.5 Å². The number of furan rings is 1. The van der Waals surface area contributed by atoms with Crippen LogP contribution in [-0.2, 0) is 20.9 Å². The third kappa shape index (κ3) is 3.60. The van der Waals surface area contributed by atoms with Gasteiger partial charge in [-0.3, -0.25) is 4.84 Å². The van der Waals surface area contributed by atoms with Gasteiger partial charge in [-0.1, -0.05) is 12.1 Å². The standard InChI is InChI=1S/C18H21NO5/c1-3-22-18(20)17-11-15(16-5-4-10-23-16)19(24-17)12-13-6-8-14(21-2)9-7-13/h4-10,15,17H,3,11-12H2,1-2H3/t15-,17+/m0/s1. The fourth-order valence-corrected chi connectivity index (χ4v) is 2.77. The lowest BCUT2D eigenvalue weighted by molar-refractivity contribution is -0.194. The quantitative estimate of drug-likeness (QED) is 0.758. The number of ether oxygens (including phenoxy) is 2. The molecule has 0 unspecified atom stereocenters. The first kappa shape index (κ1) is 16.5. The Hall–Kier alpha value is -2.31. The van der Waals surface area contributed by atoms with Gasteiger partial charge in [0.25, 0.3) is 0 Å². The van der Waals surface area contributed by atoms with Crippen LogP contribution in [0, 0.1) is 0 Å². The molecule has 3 rings (SSSR count). The highest BCUT2D eigenvalue weighted by atomic mass is 16.7. The van der Waals surface area contributed by atoms with Crippen LogP contribution in [0.1, 0.15) is 30.7 Å². The molecule has 1 aromatic carbocycles. The molecule has 1 aromatic heterocycles. The van der Waals surface area contributed by atoms with Gasteiger partial charge < -0.3 is 13.9 Å². The molecule has 0 aliphatic carbocycles. The molecule has 1 fully saturated rings. The molecule has 1 aliphatic rings. The third-order valence-corrected chi connectivity index (χ3v) is 3.97. The number of hydrogen-bond donors (Lipinski definition) is 0. The van der Waals surface area contributed by atoms with Crippen LogP contribution in [0.2, 0.25) is 0 Å².